The lowest BCUT2D eigenvalue weighted by atomic mass is 9.88. The van der Waals surface area contributed by atoms with Crippen LogP contribution in [0.1, 0.15) is 34.6 Å². The molecule has 1 atom stereocenters. The molecule has 0 unspecified atom stereocenters. The number of ether oxygens (including phenoxy) is 2. The zero-order valence-electron chi connectivity index (χ0n) is 24.5. The minimum atomic E-state index is -0.134. The number of aromatic nitrogens is 1. The van der Waals surface area contributed by atoms with Crippen LogP contribution in [0.15, 0.2) is 115 Å². The lowest BCUT2D eigenvalue weighted by Gasteiger charge is -2.26. The average molecular weight is 574 g/mol. The molecule has 5 aromatic rings. The zero-order chi connectivity index (χ0) is 29.3. The molecule has 1 N–H and O–H groups in total. The van der Waals surface area contributed by atoms with E-state index in [0.717, 1.165) is 67.3 Å². The van der Waals surface area contributed by atoms with E-state index in [-0.39, 0.29) is 11.8 Å². The van der Waals surface area contributed by atoms with Gasteiger partial charge in [0.05, 0.1) is 13.2 Å². The van der Waals surface area contributed by atoms with Crippen LogP contribution in [0.5, 0.6) is 5.75 Å². The predicted molar refractivity (Wildman–Crippen MR) is 171 cm³/mol. The van der Waals surface area contributed by atoms with E-state index >= 15 is 0 Å². The maximum atomic E-state index is 13.5. The molecular formula is C37H39N3O3. The molecule has 0 aliphatic carbocycles. The maximum absolute atomic E-state index is 13.5. The standard InChI is InChI=1S/C37H39N3O3/c41-37(38-18-19-39-20-22-42-23-21-39)25-34(31-14-9-15-32(24-31)43-28-30-12-5-2-6-13-30)35-27-40(26-29-10-3-1-4-11-29)36-17-8-7-16-33(35)36/h1-17,24,27,34H,18-23,25-26,28H2,(H,38,41)/t34-/m1/s1. The number of carbonyl (C=O) groups is 1. The molecule has 6 nitrogen and oxygen atoms in total. The number of fused-ring (bicyclic) bond motifs is 1. The third-order valence-corrected chi connectivity index (χ3v) is 8.14. The van der Waals surface area contributed by atoms with Crippen LogP contribution in [-0.2, 0) is 22.7 Å². The number of hydrogen-bond acceptors (Lipinski definition) is 4. The Balaban J connectivity index is 1.28. The van der Waals surface area contributed by atoms with E-state index in [2.05, 4.69) is 93.8 Å². The second-order valence-corrected chi connectivity index (χ2v) is 11.1. The van der Waals surface area contributed by atoms with E-state index in [1.54, 1.807) is 0 Å². The van der Waals surface area contributed by atoms with Gasteiger partial charge in [0.1, 0.15) is 12.4 Å². The normalized spacial score (nSPS) is 14.4. The fraction of sp³-hybridized carbons (Fsp3) is 0.270. The summed E-state index contributed by atoms with van der Waals surface area (Å²) in [7, 11) is 0. The van der Waals surface area contributed by atoms with Crippen LogP contribution in [-0.4, -0.2) is 54.8 Å². The molecule has 220 valence electrons. The second kappa shape index (κ2) is 14.2. The molecule has 1 fully saturated rings. The van der Waals surface area contributed by atoms with Crippen LogP contribution in [0, 0.1) is 0 Å². The molecule has 1 aromatic heterocycles. The number of amides is 1. The van der Waals surface area contributed by atoms with E-state index in [4.69, 9.17) is 9.47 Å². The molecule has 0 spiro atoms. The fourth-order valence-electron chi connectivity index (χ4n) is 5.87. The minimum Gasteiger partial charge on any atom is -0.489 e. The van der Waals surface area contributed by atoms with Crippen LogP contribution < -0.4 is 10.1 Å². The van der Waals surface area contributed by atoms with E-state index in [1.165, 1.54) is 10.9 Å². The summed E-state index contributed by atoms with van der Waals surface area (Å²) in [5.74, 6) is 0.714. The third kappa shape index (κ3) is 7.53. The van der Waals surface area contributed by atoms with Crippen molar-refractivity contribution in [3.8, 4) is 5.75 Å². The smallest absolute Gasteiger partial charge is 0.220 e. The predicted octanol–water partition coefficient (Wildman–Crippen LogP) is 6.24. The molecule has 1 aliphatic heterocycles. The highest BCUT2D eigenvalue weighted by Crippen LogP contribution is 2.36. The molecule has 6 rings (SSSR count). The average Bonchev–Trinajstić information content (AvgIpc) is 3.42. The van der Waals surface area contributed by atoms with E-state index < -0.39 is 0 Å². The van der Waals surface area contributed by atoms with Gasteiger partial charge in [0.2, 0.25) is 5.91 Å². The molecular weight excluding hydrogens is 534 g/mol. The number of nitrogens with one attached hydrogen (secondary N) is 1. The lowest BCUT2D eigenvalue weighted by molar-refractivity contribution is -0.121. The van der Waals surface area contributed by atoms with Crippen molar-refractivity contribution < 1.29 is 14.3 Å². The topological polar surface area (TPSA) is 55.7 Å². The van der Waals surface area contributed by atoms with Crippen molar-refractivity contribution >= 4 is 16.8 Å². The first-order valence-electron chi connectivity index (χ1n) is 15.2. The number of morpholine rings is 1. The zero-order valence-corrected chi connectivity index (χ0v) is 24.5. The van der Waals surface area contributed by atoms with Crippen molar-refractivity contribution in [2.24, 2.45) is 0 Å². The Hall–Kier alpha value is -4.39. The molecule has 2 heterocycles. The molecule has 1 aliphatic rings. The summed E-state index contributed by atoms with van der Waals surface area (Å²) in [6, 6.07) is 37.4. The molecule has 1 saturated heterocycles. The molecule has 6 heteroatoms. The molecule has 0 saturated carbocycles. The molecule has 0 radical (unpaired) electrons. The maximum Gasteiger partial charge on any atom is 0.220 e. The number of nitrogens with zero attached hydrogens (tertiary/aromatic N) is 2. The van der Waals surface area contributed by atoms with E-state index in [9.17, 15) is 4.79 Å². The number of hydrogen-bond donors (Lipinski definition) is 1. The van der Waals surface area contributed by atoms with Gasteiger partial charge in [-0.15, -0.1) is 0 Å². The van der Waals surface area contributed by atoms with Gasteiger partial charge in [-0.3, -0.25) is 9.69 Å². The fourth-order valence-corrected chi connectivity index (χ4v) is 5.87. The highest BCUT2D eigenvalue weighted by Gasteiger charge is 2.24. The van der Waals surface area contributed by atoms with E-state index in [1.807, 2.05) is 36.4 Å². The van der Waals surface area contributed by atoms with Crippen LogP contribution >= 0.6 is 0 Å². The summed E-state index contributed by atoms with van der Waals surface area (Å²) >= 11 is 0. The number of para-hydroxylation sites is 1. The lowest BCUT2D eigenvalue weighted by Crippen LogP contribution is -2.41. The molecule has 1 amide bonds. The first-order valence-corrected chi connectivity index (χ1v) is 15.2. The summed E-state index contributed by atoms with van der Waals surface area (Å²) < 4.78 is 14.0. The summed E-state index contributed by atoms with van der Waals surface area (Å²) in [5, 5.41) is 4.36. The van der Waals surface area contributed by atoms with Crippen LogP contribution in [0.3, 0.4) is 0 Å². The molecule has 0 bridgehead atoms. The Labute approximate surface area is 253 Å². The minimum absolute atomic E-state index is 0.0498. The van der Waals surface area contributed by atoms with Gasteiger partial charge in [-0.2, -0.15) is 0 Å². The Bertz CT molecular complexity index is 1610. The van der Waals surface area contributed by atoms with Crippen molar-refractivity contribution in [2.75, 3.05) is 39.4 Å². The summed E-state index contributed by atoms with van der Waals surface area (Å²) in [5.41, 5.74) is 5.73. The quantitative estimate of drug-likeness (QED) is 0.192. The Morgan fingerprint density at radius 3 is 2.35 bits per heavy atom. The highest BCUT2D eigenvalue weighted by molar-refractivity contribution is 5.87. The SMILES string of the molecule is O=C(C[C@H](c1cccc(OCc2ccccc2)c1)c1cn(Cc2ccccc2)c2ccccc12)NCCN1CCOCC1. The Morgan fingerprint density at radius 1 is 0.837 bits per heavy atom. The Kier molecular flexibility index (Phi) is 9.47. The van der Waals surface area contributed by atoms with Crippen LogP contribution in [0.2, 0.25) is 0 Å². The summed E-state index contributed by atoms with van der Waals surface area (Å²) in [6.45, 7) is 6.05. The van der Waals surface area contributed by atoms with Gasteiger partial charge >= 0.3 is 0 Å². The van der Waals surface area contributed by atoms with Gasteiger partial charge in [0.25, 0.3) is 0 Å². The first-order chi connectivity index (χ1) is 21.2. The van der Waals surface area contributed by atoms with E-state index in [0.29, 0.717) is 19.6 Å². The van der Waals surface area contributed by atoms with Crippen molar-refractivity contribution in [2.45, 2.75) is 25.5 Å². The first kappa shape index (κ1) is 28.7. The van der Waals surface area contributed by atoms with Gasteiger partial charge in [-0.1, -0.05) is 91.0 Å². The Morgan fingerprint density at radius 2 is 1.56 bits per heavy atom. The van der Waals surface area contributed by atoms with Crippen molar-refractivity contribution in [1.29, 1.82) is 0 Å². The molecule has 4 aromatic carbocycles. The number of rotatable bonds is 12. The molecule has 43 heavy (non-hydrogen) atoms. The van der Waals surface area contributed by atoms with Crippen LogP contribution in [0.25, 0.3) is 10.9 Å². The van der Waals surface area contributed by atoms with Gasteiger partial charge in [-0.25, -0.2) is 0 Å². The van der Waals surface area contributed by atoms with Crippen LogP contribution in [0.4, 0.5) is 0 Å². The third-order valence-electron chi connectivity index (χ3n) is 8.14. The van der Waals surface area contributed by atoms with Gasteiger partial charge in [0.15, 0.2) is 0 Å². The largest absolute Gasteiger partial charge is 0.489 e. The van der Waals surface area contributed by atoms with Crippen molar-refractivity contribution in [3.05, 3.63) is 138 Å². The van der Waals surface area contributed by atoms with Gasteiger partial charge in [0, 0.05) is 62.2 Å². The highest BCUT2D eigenvalue weighted by atomic mass is 16.5. The summed E-state index contributed by atoms with van der Waals surface area (Å²) in [6.07, 6.45) is 2.59. The number of carbonyl (C=O) groups excluding carboxylic acids is 1. The van der Waals surface area contributed by atoms with Crippen molar-refractivity contribution in [1.82, 2.24) is 14.8 Å². The monoisotopic (exact) mass is 573 g/mol. The summed E-state index contributed by atoms with van der Waals surface area (Å²) in [4.78, 5) is 15.8. The van der Waals surface area contributed by atoms with Gasteiger partial charge < -0.3 is 19.4 Å². The van der Waals surface area contributed by atoms with Gasteiger partial charge in [-0.05, 0) is 40.5 Å². The van der Waals surface area contributed by atoms with Crippen molar-refractivity contribution in [3.63, 3.8) is 0 Å². The second-order valence-electron chi connectivity index (χ2n) is 11.1. The number of benzene rings is 4.